The van der Waals surface area contributed by atoms with Gasteiger partial charge in [0.05, 0.1) is 17.7 Å². The largest absolute Gasteiger partial charge is 0.294 e. The first-order valence-electron chi connectivity index (χ1n) is 8.01. The van der Waals surface area contributed by atoms with Gasteiger partial charge in [-0.1, -0.05) is 54.6 Å². The van der Waals surface area contributed by atoms with Crippen molar-refractivity contribution in [2.24, 2.45) is 4.99 Å². The molecule has 0 bridgehead atoms. The molecule has 0 unspecified atom stereocenters. The summed E-state index contributed by atoms with van der Waals surface area (Å²) in [5.74, 6) is 0.158. The van der Waals surface area contributed by atoms with Gasteiger partial charge in [0.25, 0.3) is 0 Å². The van der Waals surface area contributed by atoms with Crippen molar-refractivity contribution in [3.8, 4) is 0 Å². The Morgan fingerprint density at radius 2 is 1.73 bits per heavy atom. The van der Waals surface area contributed by atoms with Crippen LogP contribution < -0.4 is 0 Å². The van der Waals surface area contributed by atoms with E-state index in [1.54, 1.807) is 0 Å². The number of rotatable bonds is 3. The van der Waals surface area contributed by atoms with Gasteiger partial charge in [-0.25, -0.2) is 0 Å². The van der Waals surface area contributed by atoms with Crippen molar-refractivity contribution >= 4 is 11.5 Å². The van der Waals surface area contributed by atoms with E-state index < -0.39 is 0 Å². The number of carbonyl (C=O) groups is 1. The number of aliphatic imine (C=N–C) groups is 1. The van der Waals surface area contributed by atoms with Crippen LogP contribution >= 0.6 is 0 Å². The Balaban J connectivity index is 1.68. The third kappa shape index (κ3) is 2.29. The van der Waals surface area contributed by atoms with Crippen LogP contribution in [0.4, 0.5) is 0 Å². The van der Waals surface area contributed by atoms with Crippen LogP contribution in [-0.2, 0) is 6.42 Å². The number of fused-ring (bicyclic) bond motifs is 1. The number of Topliss-reactive ketones (excluding diaryl/α,β-unsaturated/α-hetero) is 1. The summed E-state index contributed by atoms with van der Waals surface area (Å²) < 4.78 is 0. The van der Waals surface area contributed by atoms with Crippen molar-refractivity contribution in [2.75, 3.05) is 0 Å². The van der Waals surface area contributed by atoms with Crippen molar-refractivity contribution in [3.63, 3.8) is 0 Å². The summed E-state index contributed by atoms with van der Waals surface area (Å²) in [4.78, 5) is 17.6. The molecule has 1 spiro atoms. The van der Waals surface area contributed by atoms with Gasteiger partial charge < -0.3 is 0 Å². The molecule has 1 saturated carbocycles. The van der Waals surface area contributed by atoms with Gasteiger partial charge in [-0.15, -0.1) is 0 Å². The lowest BCUT2D eigenvalue weighted by atomic mass is 9.70. The second-order valence-corrected chi connectivity index (χ2v) is 6.44. The molecule has 0 saturated heterocycles. The molecule has 0 radical (unpaired) electrons. The van der Waals surface area contributed by atoms with Crippen LogP contribution in [0.25, 0.3) is 0 Å². The van der Waals surface area contributed by atoms with E-state index >= 15 is 0 Å². The van der Waals surface area contributed by atoms with Crippen LogP contribution in [0.5, 0.6) is 0 Å². The summed E-state index contributed by atoms with van der Waals surface area (Å²) in [5.41, 5.74) is 4.37. The molecule has 0 atom stereocenters. The maximum atomic E-state index is 12.6. The van der Waals surface area contributed by atoms with E-state index in [1.165, 1.54) is 17.5 Å². The first-order valence-corrected chi connectivity index (χ1v) is 8.01. The summed E-state index contributed by atoms with van der Waals surface area (Å²) in [7, 11) is 0. The van der Waals surface area contributed by atoms with Gasteiger partial charge in [-0.3, -0.25) is 9.79 Å². The number of carbonyl (C=O) groups excluding carboxylic acids is 1. The fraction of sp³-hybridized carbons (Fsp3) is 0.300. The van der Waals surface area contributed by atoms with E-state index in [0.29, 0.717) is 6.42 Å². The van der Waals surface area contributed by atoms with E-state index in [-0.39, 0.29) is 11.3 Å². The van der Waals surface area contributed by atoms with Gasteiger partial charge in [0.15, 0.2) is 5.78 Å². The maximum absolute atomic E-state index is 12.6. The van der Waals surface area contributed by atoms with Crippen molar-refractivity contribution in [1.29, 1.82) is 0 Å². The highest BCUT2D eigenvalue weighted by Crippen LogP contribution is 2.42. The highest BCUT2D eigenvalue weighted by Gasteiger charge is 2.40. The Kier molecular flexibility index (Phi) is 3.18. The van der Waals surface area contributed by atoms with Crippen molar-refractivity contribution < 1.29 is 4.79 Å². The third-order valence-corrected chi connectivity index (χ3v) is 4.93. The van der Waals surface area contributed by atoms with Crippen LogP contribution in [0.3, 0.4) is 0 Å². The predicted molar refractivity (Wildman–Crippen MR) is 88.7 cm³/mol. The van der Waals surface area contributed by atoms with Gasteiger partial charge in [-0.05, 0) is 36.8 Å². The molecule has 2 aliphatic rings. The highest BCUT2D eigenvalue weighted by atomic mass is 16.1. The summed E-state index contributed by atoms with van der Waals surface area (Å²) in [5, 5.41) is 0. The molecule has 4 rings (SSSR count). The van der Waals surface area contributed by atoms with Crippen molar-refractivity contribution in [3.05, 3.63) is 71.3 Å². The molecule has 2 nitrogen and oxygen atoms in total. The third-order valence-electron chi connectivity index (χ3n) is 4.93. The van der Waals surface area contributed by atoms with E-state index in [2.05, 4.69) is 18.2 Å². The molecule has 1 heterocycles. The minimum Gasteiger partial charge on any atom is -0.294 e. The standard InChI is InChI=1S/C20H19NO/c22-19(15-7-2-1-3-8-15)13-18-17-10-5-4-9-16(17)14-20(21-18)11-6-12-20/h1-5,7-10H,6,11-14H2. The smallest absolute Gasteiger partial charge is 0.168 e. The minimum absolute atomic E-state index is 0.0840. The van der Waals surface area contributed by atoms with Gasteiger partial charge in [0.2, 0.25) is 0 Å². The normalized spacial score (nSPS) is 18.3. The Morgan fingerprint density at radius 1 is 1.00 bits per heavy atom. The zero-order valence-corrected chi connectivity index (χ0v) is 12.6. The quantitative estimate of drug-likeness (QED) is 0.778. The van der Waals surface area contributed by atoms with Gasteiger partial charge in [0, 0.05) is 5.56 Å². The molecule has 110 valence electrons. The second-order valence-electron chi connectivity index (χ2n) is 6.44. The Bertz CT molecular complexity index is 741. The first kappa shape index (κ1) is 13.4. The van der Waals surface area contributed by atoms with Gasteiger partial charge in [-0.2, -0.15) is 0 Å². The number of ketones is 1. The molecular weight excluding hydrogens is 270 g/mol. The molecule has 2 aromatic rings. The Labute approximate surface area is 130 Å². The molecule has 22 heavy (non-hydrogen) atoms. The lowest BCUT2D eigenvalue weighted by Gasteiger charge is -2.42. The number of hydrogen-bond acceptors (Lipinski definition) is 2. The SMILES string of the molecule is O=C(CC1=NC2(CCC2)Cc2ccccc21)c1ccccc1. The molecule has 0 aromatic heterocycles. The summed E-state index contributed by atoms with van der Waals surface area (Å²) in [6.07, 6.45) is 5.01. The molecule has 2 heteroatoms. The van der Waals surface area contributed by atoms with Crippen molar-refractivity contribution in [2.45, 2.75) is 37.6 Å². The zero-order valence-electron chi connectivity index (χ0n) is 12.6. The van der Waals surface area contributed by atoms with Crippen LogP contribution in [0.1, 0.15) is 47.2 Å². The van der Waals surface area contributed by atoms with E-state index in [9.17, 15) is 4.79 Å². The lowest BCUT2D eigenvalue weighted by Crippen LogP contribution is -2.41. The molecule has 1 fully saturated rings. The maximum Gasteiger partial charge on any atom is 0.168 e. The first-order chi connectivity index (χ1) is 10.8. The lowest BCUT2D eigenvalue weighted by molar-refractivity contribution is 0.1000. The predicted octanol–water partition coefficient (Wildman–Crippen LogP) is 4.23. The molecular formula is C20H19NO. The zero-order chi connectivity index (χ0) is 15.0. The van der Waals surface area contributed by atoms with Crippen LogP contribution in [0.2, 0.25) is 0 Å². The number of nitrogens with zero attached hydrogens (tertiary/aromatic N) is 1. The second kappa shape index (κ2) is 5.20. The highest BCUT2D eigenvalue weighted by molar-refractivity contribution is 6.16. The topological polar surface area (TPSA) is 29.4 Å². The van der Waals surface area contributed by atoms with Crippen LogP contribution in [0.15, 0.2) is 59.6 Å². The molecule has 1 aliphatic carbocycles. The molecule has 0 amide bonds. The van der Waals surface area contributed by atoms with Gasteiger partial charge >= 0.3 is 0 Å². The molecule has 1 aliphatic heterocycles. The minimum atomic E-state index is 0.0840. The van der Waals surface area contributed by atoms with E-state index in [0.717, 1.165) is 30.5 Å². The van der Waals surface area contributed by atoms with E-state index in [1.807, 2.05) is 36.4 Å². The summed E-state index contributed by atoms with van der Waals surface area (Å²) >= 11 is 0. The fourth-order valence-corrected chi connectivity index (χ4v) is 3.58. The average Bonchev–Trinajstić information content (AvgIpc) is 2.54. The van der Waals surface area contributed by atoms with Gasteiger partial charge in [0.1, 0.15) is 0 Å². The molecule has 0 N–H and O–H groups in total. The van der Waals surface area contributed by atoms with Crippen LogP contribution in [-0.4, -0.2) is 17.0 Å². The fourth-order valence-electron chi connectivity index (χ4n) is 3.58. The Morgan fingerprint density at radius 3 is 2.45 bits per heavy atom. The monoisotopic (exact) mass is 289 g/mol. The summed E-state index contributed by atoms with van der Waals surface area (Å²) in [6.45, 7) is 0. The Hall–Kier alpha value is -2.22. The number of hydrogen-bond donors (Lipinski definition) is 0. The van der Waals surface area contributed by atoms with E-state index in [4.69, 9.17) is 4.99 Å². The molecule has 2 aromatic carbocycles. The summed E-state index contributed by atoms with van der Waals surface area (Å²) in [6, 6.07) is 18.0. The van der Waals surface area contributed by atoms with Crippen LogP contribution in [0, 0.1) is 0 Å². The number of benzene rings is 2. The van der Waals surface area contributed by atoms with Crippen molar-refractivity contribution in [1.82, 2.24) is 0 Å². The average molecular weight is 289 g/mol.